The molecule has 0 aromatic carbocycles. The topological polar surface area (TPSA) is 155 Å². The number of sulfone groups is 2. The second-order valence-corrected chi connectivity index (χ2v) is 16.1. The highest BCUT2D eigenvalue weighted by Crippen LogP contribution is 2.35. The first-order chi connectivity index (χ1) is 24.6. The Morgan fingerprint density at radius 1 is 0.698 bits per heavy atom. The van der Waals surface area contributed by atoms with Gasteiger partial charge >= 0.3 is 12.4 Å². The van der Waals surface area contributed by atoms with Gasteiger partial charge in [-0.2, -0.15) is 26.3 Å². The average molecular weight is 801 g/mol. The number of fused-ring (bicyclic) bond motifs is 2. The molecule has 0 fully saturated rings. The van der Waals surface area contributed by atoms with Crippen LogP contribution < -0.4 is 0 Å². The van der Waals surface area contributed by atoms with Crippen molar-refractivity contribution >= 4 is 59.7 Å². The van der Waals surface area contributed by atoms with Gasteiger partial charge < -0.3 is 9.13 Å². The minimum atomic E-state index is -4.57. The Kier molecular flexibility index (Phi) is 10.5. The Hall–Kier alpha value is -4.95. The molecule has 0 unspecified atom stereocenters. The van der Waals surface area contributed by atoms with Crippen molar-refractivity contribution in [3.8, 4) is 23.0 Å². The number of nitrogens with zero attached hydrogens (tertiary/aromatic N) is 8. The zero-order valence-corrected chi connectivity index (χ0v) is 30.4. The zero-order chi connectivity index (χ0) is 39.3. The van der Waals surface area contributed by atoms with Gasteiger partial charge in [0.2, 0.25) is 0 Å². The molecule has 0 bridgehead atoms. The van der Waals surface area contributed by atoms with Gasteiger partial charge in [-0.3, -0.25) is 0 Å². The predicted octanol–water partition coefficient (Wildman–Crippen LogP) is 6.98. The minimum absolute atomic E-state index is 0.00650. The minimum Gasteiger partial charge on any atom is -0.310 e. The molecule has 0 spiro atoms. The van der Waals surface area contributed by atoms with E-state index >= 15 is 0 Å². The molecule has 21 heteroatoms. The van der Waals surface area contributed by atoms with E-state index in [0.29, 0.717) is 18.1 Å². The van der Waals surface area contributed by atoms with E-state index in [-0.39, 0.29) is 71.8 Å². The molecule has 0 radical (unpaired) electrons. The van der Waals surface area contributed by atoms with E-state index in [4.69, 9.17) is 11.6 Å². The van der Waals surface area contributed by atoms with E-state index in [1.165, 1.54) is 67.4 Å². The molecule has 0 aliphatic carbocycles. The molecule has 6 rings (SSSR count). The van der Waals surface area contributed by atoms with Crippen molar-refractivity contribution < 1.29 is 43.2 Å². The Balaban J connectivity index is 0.000000204. The Labute approximate surface area is 303 Å². The summed E-state index contributed by atoms with van der Waals surface area (Å²) in [5, 5.41) is 0.0334. The second-order valence-electron chi connectivity index (χ2n) is 11.2. The van der Waals surface area contributed by atoms with Gasteiger partial charge in [0.25, 0.3) is 0 Å². The Bertz CT molecular complexity index is 2620. The lowest BCUT2D eigenvalue weighted by atomic mass is 10.2. The highest BCUT2D eigenvalue weighted by atomic mass is 35.5. The van der Waals surface area contributed by atoms with Crippen LogP contribution >= 0.6 is 11.6 Å². The molecule has 0 aliphatic rings. The van der Waals surface area contributed by atoms with Crippen LogP contribution in [-0.4, -0.2) is 67.4 Å². The summed E-state index contributed by atoms with van der Waals surface area (Å²) in [5.41, 5.74) is -1.15. The van der Waals surface area contributed by atoms with Gasteiger partial charge in [-0.1, -0.05) is 32.0 Å². The number of hydrogen-bond acceptors (Lipinski definition) is 10. The smallest absolute Gasteiger partial charge is 0.310 e. The lowest BCUT2D eigenvalue weighted by Crippen LogP contribution is -2.09. The van der Waals surface area contributed by atoms with Gasteiger partial charge in [-0.25, -0.2) is 46.7 Å². The molecule has 0 aliphatic heterocycles. The number of hydrogen-bond donors (Lipinski definition) is 0. The van der Waals surface area contributed by atoms with E-state index in [1.807, 2.05) is 0 Å². The fourth-order valence-electron chi connectivity index (χ4n) is 5.02. The molecule has 0 saturated heterocycles. The third-order valence-corrected chi connectivity index (χ3v) is 11.6. The summed E-state index contributed by atoms with van der Waals surface area (Å²) in [6.07, 6.45) is -6.27. The molecule has 53 heavy (non-hydrogen) atoms. The molecule has 6 aromatic rings. The summed E-state index contributed by atoms with van der Waals surface area (Å²) in [4.78, 5) is 24.1. The maximum Gasteiger partial charge on any atom is 0.417 e. The van der Waals surface area contributed by atoms with Gasteiger partial charge in [0.1, 0.15) is 27.6 Å². The summed E-state index contributed by atoms with van der Waals surface area (Å²) in [5.74, 6) is -0.173. The average Bonchev–Trinajstić information content (AvgIpc) is 3.62. The number of imidazole rings is 2. The van der Waals surface area contributed by atoms with Crippen LogP contribution in [0.4, 0.5) is 26.3 Å². The van der Waals surface area contributed by atoms with Crippen LogP contribution in [0.5, 0.6) is 0 Å². The van der Waals surface area contributed by atoms with Gasteiger partial charge in [0, 0.05) is 26.5 Å². The quantitative estimate of drug-likeness (QED) is 0.122. The van der Waals surface area contributed by atoms with Crippen LogP contribution in [0.1, 0.15) is 30.7 Å². The molecule has 12 nitrogen and oxygen atoms in total. The van der Waals surface area contributed by atoms with Crippen molar-refractivity contribution in [2.45, 2.75) is 36.0 Å². The van der Waals surface area contributed by atoms with E-state index in [0.717, 1.165) is 12.1 Å². The first kappa shape index (κ1) is 39.3. The fourth-order valence-corrected chi connectivity index (χ4v) is 7.20. The largest absolute Gasteiger partial charge is 0.417 e. The monoisotopic (exact) mass is 800 g/mol. The van der Waals surface area contributed by atoms with Crippen LogP contribution in [-0.2, 0) is 46.1 Å². The number of rotatable bonds is 7. The number of aryl methyl sites for hydroxylation is 2. The van der Waals surface area contributed by atoms with Crippen molar-refractivity contribution in [2.75, 3.05) is 11.5 Å². The molecule has 6 aromatic heterocycles. The first-order valence-corrected chi connectivity index (χ1v) is 18.9. The molecule has 6 heterocycles. The second kappa shape index (κ2) is 14.1. The van der Waals surface area contributed by atoms with E-state index < -0.39 is 43.2 Å². The number of pyridine rings is 4. The normalized spacial score (nSPS) is 12.6. The third-order valence-electron chi connectivity index (χ3n) is 7.84. The Morgan fingerprint density at radius 2 is 1.11 bits per heavy atom. The summed E-state index contributed by atoms with van der Waals surface area (Å²) in [6.45, 7) is 6.57. The van der Waals surface area contributed by atoms with Crippen molar-refractivity contribution in [1.29, 1.82) is 0 Å². The van der Waals surface area contributed by atoms with Gasteiger partial charge in [0.15, 0.2) is 42.6 Å². The van der Waals surface area contributed by atoms with Crippen molar-refractivity contribution in [2.24, 2.45) is 14.1 Å². The van der Waals surface area contributed by atoms with Gasteiger partial charge in [-0.15, -0.1) is 0 Å². The first-order valence-electron chi connectivity index (χ1n) is 15.2. The SMILES string of the molecule is C=Cc1ccc(S(=O)(=O)CC)c(-c2nc3cc(C(F)(F)F)cnc3n2C)n1.CCS(=O)(=O)c1ccc(Cl)nc1-c1nc2cc(C(F)(F)F)cnc2n1C. The lowest BCUT2D eigenvalue weighted by Gasteiger charge is -2.09. The Morgan fingerprint density at radius 3 is 1.51 bits per heavy atom. The molecule has 280 valence electrons. The fraction of sp³-hybridized carbons (Fsp3) is 0.250. The summed E-state index contributed by atoms with van der Waals surface area (Å²) >= 11 is 5.89. The predicted molar refractivity (Wildman–Crippen MR) is 184 cm³/mol. The number of aromatic nitrogens is 8. The number of alkyl halides is 6. The van der Waals surface area contributed by atoms with E-state index in [9.17, 15) is 43.2 Å². The summed E-state index contributed by atoms with van der Waals surface area (Å²) < 4.78 is 130. The molecule has 0 atom stereocenters. The molecule has 0 N–H and O–H groups in total. The van der Waals surface area contributed by atoms with E-state index in [2.05, 4.69) is 36.5 Å². The summed E-state index contributed by atoms with van der Waals surface area (Å²) in [7, 11) is -4.25. The van der Waals surface area contributed by atoms with Crippen molar-refractivity contribution in [3.63, 3.8) is 0 Å². The molecule has 0 saturated carbocycles. The lowest BCUT2D eigenvalue weighted by molar-refractivity contribution is -0.138. The van der Waals surface area contributed by atoms with Crippen LogP contribution in [0.3, 0.4) is 0 Å². The molecular weight excluding hydrogens is 774 g/mol. The maximum atomic E-state index is 12.9. The maximum absolute atomic E-state index is 12.9. The van der Waals surface area contributed by atoms with Crippen molar-refractivity contribution in [1.82, 2.24) is 39.0 Å². The molecule has 0 amide bonds. The van der Waals surface area contributed by atoms with E-state index in [1.54, 1.807) is 0 Å². The summed E-state index contributed by atoms with van der Waals surface area (Å²) in [6, 6.07) is 7.25. The van der Waals surface area contributed by atoms with Crippen molar-refractivity contribution in [3.05, 3.63) is 77.3 Å². The number of halogens is 7. The van der Waals surface area contributed by atoms with Gasteiger partial charge in [0.05, 0.1) is 38.1 Å². The van der Waals surface area contributed by atoms with Crippen LogP contribution in [0, 0.1) is 0 Å². The van der Waals surface area contributed by atoms with Crippen LogP contribution in [0.25, 0.3) is 51.4 Å². The standard InChI is InChI=1S/C17H15F3N4O2S.C15H12ClF3N4O2S/c1-4-11-6-7-13(27(25,26)5-2)14(22-11)16-23-12-8-10(17(18,19)20)9-21-15(12)24(16)3;1-3-26(24,25)10-4-5-11(16)22-12(10)14-21-9-6-8(15(17,18)19)7-20-13(9)23(14)2/h4,6-9H,1,5H2,2-3H3;4-7H,3H2,1-2H3. The zero-order valence-electron chi connectivity index (χ0n) is 28.0. The van der Waals surface area contributed by atoms with Gasteiger partial charge in [-0.05, 0) is 42.5 Å². The molecular formula is C32H27ClF6N8O4S2. The highest BCUT2D eigenvalue weighted by molar-refractivity contribution is 7.91. The van der Waals surface area contributed by atoms with Crippen LogP contribution in [0.15, 0.2) is 65.2 Å². The highest BCUT2D eigenvalue weighted by Gasteiger charge is 2.33. The van der Waals surface area contributed by atoms with Crippen LogP contribution in [0.2, 0.25) is 5.15 Å². The third kappa shape index (κ3) is 7.74.